The van der Waals surface area contributed by atoms with Gasteiger partial charge in [0, 0.05) is 22.2 Å². The molecular formula is C14H16BrN3. The van der Waals surface area contributed by atoms with Gasteiger partial charge in [-0.2, -0.15) is 0 Å². The fourth-order valence-electron chi connectivity index (χ4n) is 1.98. The highest BCUT2D eigenvalue weighted by atomic mass is 79.9. The van der Waals surface area contributed by atoms with E-state index < -0.39 is 0 Å². The largest absolute Gasteiger partial charge is 0.383 e. The van der Waals surface area contributed by atoms with Crippen LogP contribution in [0.2, 0.25) is 0 Å². The van der Waals surface area contributed by atoms with E-state index in [4.69, 9.17) is 5.73 Å². The van der Waals surface area contributed by atoms with Crippen molar-refractivity contribution >= 4 is 21.7 Å². The van der Waals surface area contributed by atoms with Crippen LogP contribution in [0, 0.1) is 6.92 Å². The van der Waals surface area contributed by atoms with Gasteiger partial charge in [-0.1, -0.05) is 35.0 Å². The standard InChI is InChI=1S/C14H16BrN3/c1-3-12-9(2)17-13(18-14(12)16)8-10-4-6-11(15)7-5-10/h4-7H,3,8H2,1-2H3,(H2,16,17,18). The smallest absolute Gasteiger partial charge is 0.135 e. The molecule has 2 aromatic rings. The Kier molecular flexibility index (Phi) is 3.97. The van der Waals surface area contributed by atoms with Gasteiger partial charge in [-0.3, -0.25) is 0 Å². The molecule has 0 spiro atoms. The Bertz CT molecular complexity index is 526. The third-order valence-corrected chi connectivity index (χ3v) is 3.45. The highest BCUT2D eigenvalue weighted by Gasteiger charge is 2.08. The Hall–Kier alpha value is -1.42. The number of nitrogens with zero attached hydrogens (tertiary/aromatic N) is 2. The lowest BCUT2D eigenvalue weighted by Crippen LogP contribution is -2.07. The highest BCUT2D eigenvalue weighted by molar-refractivity contribution is 9.10. The topological polar surface area (TPSA) is 51.8 Å². The number of anilines is 1. The number of benzene rings is 1. The number of nitrogens with two attached hydrogens (primary N) is 1. The van der Waals surface area contributed by atoms with Gasteiger partial charge in [0.2, 0.25) is 0 Å². The third-order valence-electron chi connectivity index (χ3n) is 2.92. The van der Waals surface area contributed by atoms with Crippen LogP contribution < -0.4 is 5.73 Å². The van der Waals surface area contributed by atoms with Gasteiger partial charge < -0.3 is 5.73 Å². The number of aryl methyl sites for hydroxylation is 1. The molecule has 94 valence electrons. The van der Waals surface area contributed by atoms with E-state index in [-0.39, 0.29) is 0 Å². The lowest BCUT2D eigenvalue weighted by atomic mass is 10.1. The number of hydrogen-bond donors (Lipinski definition) is 1. The molecule has 1 aromatic heterocycles. The van der Waals surface area contributed by atoms with E-state index in [9.17, 15) is 0 Å². The number of nitrogen functional groups attached to an aromatic ring is 1. The van der Waals surface area contributed by atoms with Crippen LogP contribution in [-0.2, 0) is 12.8 Å². The molecule has 0 amide bonds. The van der Waals surface area contributed by atoms with Crippen LogP contribution in [-0.4, -0.2) is 9.97 Å². The van der Waals surface area contributed by atoms with Gasteiger partial charge in [0.25, 0.3) is 0 Å². The third kappa shape index (κ3) is 2.88. The zero-order valence-corrected chi connectivity index (χ0v) is 12.2. The molecule has 1 heterocycles. The number of aromatic nitrogens is 2. The molecule has 3 nitrogen and oxygen atoms in total. The Balaban J connectivity index is 2.27. The summed E-state index contributed by atoms with van der Waals surface area (Å²) in [6.07, 6.45) is 1.58. The van der Waals surface area contributed by atoms with Crippen molar-refractivity contribution in [1.82, 2.24) is 9.97 Å². The first-order valence-corrected chi connectivity index (χ1v) is 6.75. The zero-order chi connectivity index (χ0) is 13.1. The van der Waals surface area contributed by atoms with Crippen molar-refractivity contribution in [1.29, 1.82) is 0 Å². The van der Waals surface area contributed by atoms with E-state index in [1.807, 2.05) is 19.1 Å². The van der Waals surface area contributed by atoms with E-state index in [2.05, 4.69) is 45.0 Å². The second-order valence-electron chi connectivity index (χ2n) is 4.25. The van der Waals surface area contributed by atoms with Crippen LogP contribution in [0.5, 0.6) is 0 Å². The van der Waals surface area contributed by atoms with Gasteiger partial charge >= 0.3 is 0 Å². The SMILES string of the molecule is CCc1c(C)nc(Cc2ccc(Br)cc2)nc1N. The molecular weight excluding hydrogens is 290 g/mol. The van der Waals surface area contributed by atoms with Gasteiger partial charge in [-0.15, -0.1) is 0 Å². The summed E-state index contributed by atoms with van der Waals surface area (Å²) in [5.41, 5.74) is 9.17. The summed E-state index contributed by atoms with van der Waals surface area (Å²) >= 11 is 3.42. The van der Waals surface area contributed by atoms with E-state index >= 15 is 0 Å². The fraction of sp³-hybridized carbons (Fsp3) is 0.286. The summed E-state index contributed by atoms with van der Waals surface area (Å²) in [6.45, 7) is 4.05. The van der Waals surface area contributed by atoms with Gasteiger partial charge in [-0.05, 0) is 31.0 Å². The summed E-state index contributed by atoms with van der Waals surface area (Å²) in [6, 6.07) is 8.16. The molecule has 1 aromatic carbocycles. The van der Waals surface area contributed by atoms with Gasteiger partial charge in [0.05, 0.1) is 0 Å². The monoisotopic (exact) mass is 305 g/mol. The molecule has 0 aliphatic rings. The molecule has 0 unspecified atom stereocenters. The maximum absolute atomic E-state index is 5.95. The molecule has 0 atom stereocenters. The Morgan fingerprint density at radius 1 is 1.17 bits per heavy atom. The van der Waals surface area contributed by atoms with Crippen LogP contribution in [0.4, 0.5) is 5.82 Å². The highest BCUT2D eigenvalue weighted by Crippen LogP contribution is 2.16. The summed E-state index contributed by atoms with van der Waals surface area (Å²) in [5, 5.41) is 0. The van der Waals surface area contributed by atoms with Crippen LogP contribution in [0.25, 0.3) is 0 Å². The first-order valence-electron chi connectivity index (χ1n) is 5.96. The molecule has 0 fully saturated rings. The van der Waals surface area contributed by atoms with Crippen molar-refractivity contribution in [3.8, 4) is 0 Å². The maximum atomic E-state index is 5.95. The molecule has 0 radical (unpaired) electrons. The molecule has 0 aliphatic carbocycles. The summed E-state index contributed by atoms with van der Waals surface area (Å²) in [5.74, 6) is 1.39. The second kappa shape index (κ2) is 5.48. The number of hydrogen-bond acceptors (Lipinski definition) is 3. The Morgan fingerprint density at radius 2 is 1.83 bits per heavy atom. The van der Waals surface area contributed by atoms with E-state index in [1.54, 1.807) is 0 Å². The van der Waals surface area contributed by atoms with Gasteiger partial charge in [-0.25, -0.2) is 9.97 Å². The van der Waals surface area contributed by atoms with Crippen LogP contribution in [0.3, 0.4) is 0 Å². The first-order chi connectivity index (χ1) is 8.60. The second-order valence-corrected chi connectivity index (χ2v) is 5.16. The normalized spacial score (nSPS) is 10.6. The summed E-state index contributed by atoms with van der Waals surface area (Å²) < 4.78 is 1.07. The van der Waals surface area contributed by atoms with Crippen molar-refractivity contribution in [3.63, 3.8) is 0 Å². The predicted octanol–water partition coefficient (Wildman–Crippen LogP) is 3.28. The zero-order valence-electron chi connectivity index (χ0n) is 10.6. The maximum Gasteiger partial charge on any atom is 0.135 e. The lowest BCUT2D eigenvalue weighted by molar-refractivity contribution is 0.912. The molecule has 0 bridgehead atoms. The van der Waals surface area contributed by atoms with Crippen LogP contribution in [0.15, 0.2) is 28.7 Å². The van der Waals surface area contributed by atoms with Crippen molar-refractivity contribution in [2.45, 2.75) is 26.7 Å². The van der Waals surface area contributed by atoms with Crippen molar-refractivity contribution in [2.24, 2.45) is 0 Å². The van der Waals surface area contributed by atoms with E-state index in [1.165, 1.54) is 5.56 Å². The van der Waals surface area contributed by atoms with Crippen molar-refractivity contribution < 1.29 is 0 Å². The molecule has 0 aliphatic heterocycles. The Morgan fingerprint density at radius 3 is 2.39 bits per heavy atom. The fourth-order valence-corrected chi connectivity index (χ4v) is 2.24. The Labute approximate surface area is 116 Å². The van der Waals surface area contributed by atoms with E-state index in [0.717, 1.165) is 28.0 Å². The first kappa shape index (κ1) is 13.0. The van der Waals surface area contributed by atoms with Gasteiger partial charge in [0.1, 0.15) is 11.6 Å². The van der Waals surface area contributed by atoms with Crippen LogP contribution in [0.1, 0.15) is 29.6 Å². The average Bonchev–Trinajstić information content (AvgIpc) is 2.32. The van der Waals surface area contributed by atoms with Crippen LogP contribution >= 0.6 is 15.9 Å². The lowest BCUT2D eigenvalue weighted by Gasteiger charge is -2.08. The minimum Gasteiger partial charge on any atom is -0.383 e. The van der Waals surface area contributed by atoms with Crippen molar-refractivity contribution in [2.75, 3.05) is 5.73 Å². The molecule has 2 rings (SSSR count). The summed E-state index contributed by atoms with van der Waals surface area (Å²) in [7, 11) is 0. The van der Waals surface area contributed by atoms with E-state index in [0.29, 0.717) is 12.2 Å². The molecule has 18 heavy (non-hydrogen) atoms. The molecule has 4 heteroatoms. The molecule has 0 saturated carbocycles. The summed E-state index contributed by atoms with van der Waals surface area (Å²) in [4.78, 5) is 8.90. The number of halogens is 1. The van der Waals surface area contributed by atoms with Gasteiger partial charge in [0.15, 0.2) is 0 Å². The molecule has 2 N–H and O–H groups in total. The minimum atomic E-state index is 0.608. The number of rotatable bonds is 3. The predicted molar refractivity (Wildman–Crippen MR) is 77.5 cm³/mol. The molecule has 0 saturated heterocycles. The van der Waals surface area contributed by atoms with Crippen molar-refractivity contribution in [3.05, 3.63) is 51.4 Å². The quantitative estimate of drug-likeness (QED) is 0.946. The average molecular weight is 306 g/mol. The minimum absolute atomic E-state index is 0.608.